The summed E-state index contributed by atoms with van der Waals surface area (Å²) < 4.78 is 5.38. The van der Waals surface area contributed by atoms with Crippen molar-refractivity contribution in [3.63, 3.8) is 0 Å². The molecule has 1 aliphatic rings. The van der Waals surface area contributed by atoms with Crippen molar-refractivity contribution in [2.75, 3.05) is 64.5 Å². The lowest BCUT2D eigenvalue weighted by molar-refractivity contribution is 0.0323. The van der Waals surface area contributed by atoms with Gasteiger partial charge < -0.3 is 15.4 Å². The highest BCUT2D eigenvalue weighted by Gasteiger charge is 2.13. The molecule has 126 valence electrons. The van der Waals surface area contributed by atoms with E-state index in [2.05, 4.69) is 40.6 Å². The minimum absolute atomic E-state index is 0. The maximum absolute atomic E-state index is 5.38. The highest BCUT2D eigenvalue weighted by Crippen LogP contribution is 2.03. The maximum atomic E-state index is 5.38. The Morgan fingerprint density at radius 3 is 2.67 bits per heavy atom. The van der Waals surface area contributed by atoms with E-state index in [9.17, 15) is 0 Å². The van der Waals surface area contributed by atoms with Crippen molar-refractivity contribution in [1.82, 2.24) is 15.5 Å². The first kappa shape index (κ1) is 21.3. The molecule has 7 heteroatoms. The van der Waals surface area contributed by atoms with E-state index in [1.807, 2.05) is 11.8 Å². The molecular weight excluding hydrogens is 399 g/mol. The van der Waals surface area contributed by atoms with E-state index in [0.29, 0.717) is 5.92 Å². The van der Waals surface area contributed by atoms with Gasteiger partial charge in [-0.05, 0) is 19.1 Å². The molecule has 1 saturated heterocycles. The van der Waals surface area contributed by atoms with Gasteiger partial charge in [-0.15, -0.1) is 24.0 Å². The topological polar surface area (TPSA) is 48.9 Å². The van der Waals surface area contributed by atoms with Gasteiger partial charge >= 0.3 is 0 Å². The fourth-order valence-corrected chi connectivity index (χ4v) is 2.45. The fourth-order valence-electron chi connectivity index (χ4n) is 2.14. The summed E-state index contributed by atoms with van der Waals surface area (Å²) in [6.45, 7) is 12.1. The molecule has 1 heterocycles. The number of thioether (sulfide) groups is 1. The molecule has 0 spiro atoms. The van der Waals surface area contributed by atoms with Crippen LogP contribution in [0.3, 0.4) is 0 Å². The van der Waals surface area contributed by atoms with Gasteiger partial charge in [0.15, 0.2) is 5.96 Å². The van der Waals surface area contributed by atoms with Crippen LogP contribution in [-0.4, -0.2) is 75.4 Å². The molecule has 0 aromatic rings. The Balaban J connectivity index is 0.00000400. The third-order valence-corrected chi connectivity index (χ3v) is 3.79. The summed E-state index contributed by atoms with van der Waals surface area (Å²) in [5, 5.41) is 6.66. The minimum atomic E-state index is 0. The lowest BCUT2D eigenvalue weighted by Crippen LogP contribution is -2.40. The Morgan fingerprint density at radius 2 is 2.05 bits per heavy atom. The van der Waals surface area contributed by atoms with Gasteiger partial charge in [0.25, 0.3) is 0 Å². The van der Waals surface area contributed by atoms with Crippen molar-refractivity contribution >= 4 is 41.7 Å². The summed E-state index contributed by atoms with van der Waals surface area (Å²) in [7, 11) is 0. The summed E-state index contributed by atoms with van der Waals surface area (Å²) in [6.07, 6.45) is 2.12. The Morgan fingerprint density at radius 1 is 1.33 bits per heavy atom. The van der Waals surface area contributed by atoms with Gasteiger partial charge in [0.1, 0.15) is 0 Å². The van der Waals surface area contributed by atoms with E-state index in [-0.39, 0.29) is 24.0 Å². The molecule has 1 aliphatic heterocycles. The number of ether oxygens (including phenoxy) is 1. The molecule has 0 radical (unpaired) electrons. The number of guanidine groups is 1. The zero-order valence-corrected chi connectivity index (χ0v) is 16.7. The first-order valence-corrected chi connectivity index (χ1v) is 8.96. The van der Waals surface area contributed by atoms with E-state index in [0.717, 1.165) is 64.2 Å². The van der Waals surface area contributed by atoms with Crippen molar-refractivity contribution in [1.29, 1.82) is 0 Å². The number of hydrogen-bond donors (Lipinski definition) is 2. The first-order valence-electron chi connectivity index (χ1n) is 7.57. The second-order valence-electron chi connectivity index (χ2n) is 5.16. The summed E-state index contributed by atoms with van der Waals surface area (Å²) >= 11 is 1.85. The number of aliphatic imine (C=N–C) groups is 1. The van der Waals surface area contributed by atoms with Crippen LogP contribution in [-0.2, 0) is 4.74 Å². The number of hydrogen-bond acceptors (Lipinski definition) is 4. The molecule has 21 heavy (non-hydrogen) atoms. The van der Waals surface area contributed by atoms with Gasteiger partial charge in [0.05, 0.1) is 13.2 Å². The third kappa shape index (κ3) is 10.6. The van der Waals surface area contributed by atoms with Crippen LogP contribution in [0.25, 0.3) is 0 Å². The third-order valence-electron chi connectivity index (χ3n) is 3.18. The van der Waals surface area contributed by atoms with Gasteiger partial charge in [0.2, 0.25) is 0 Å². The zero-order valence-electron chi connectivity index (χ0n) is 13.6. The van der Waals surface area contributed by atoms with Crippen molar-refractivity contribution in [2.24, 2.45) is 10.9 Å². The number of rotatable bonds is 8. The maximum Gasteiger partial charge on any atom is 0.191 e. The zero-order chi connectivity index (χ0) is 14.6. The predicted octanol–water partition coefficient (Wildman–Crippen LogP) is 1.49. The Kier molecular flexibility index (Phi) is 14.1. The van der Waals surface area contributed by atoms with Crippen LogP contribution in [0.15, 0.2) is 4.99 Å². The van der Waals surface area contributed by atoms with Crippen LogP contribution >= 0.6 is 35.7 Å². The van der Waals surface area contributed by atoms with E-state index >= 15 is 0 Å². The molecule has 5 nitrogen and oxygen atoms in total. The second-order valence-corrected chi connectivity index (χ2v) is 6.14. The van der Waals surface area contributed by atoms with Crippen LogP contribution in [0, 0.1) is 5.92 Å². The lowest BCUT2D eigenvalue weighted by atomic mass is 10.1. The number of nitrogens with one attached hydrogen (secondary N) is 2. The second kappa shape index (κ2) is 13.9. The molecule has 0 aromatic heterocycles. The Bertz CT molecular complexity index is 276. The molecule has 0 aliphatic carbocycles. The number of morpholine rings is 1. The molecular formula is C14H31IN4OS. The van der Waals surface area contributed by atoms with Crippen LogP contribution < -0.4 is 10.6 Å². The van der Waals surface area contributed by atoms with Gasteiger partial charge in [-0.2, -0.15) is 11.8 Å². The molecule has 0 aromatic carbocycles. The summed E-state index contributed by atoms with van der Waals surface area (Å²) in [6, 6.07) is 0. The molecule has 2 N–H and O–H groups in total. The summed E-state index contributed by atoms with van der Waals surface area (Å²) in [5.41, 5.74) is 0. The molecule has 1 rings (SSSR count). The molecule has 1 fully saturated rings. The Hall–Kier alpha value is 0.270. The van der Waals surface area contributed by atoms with Gasteiger partial charge in [-0.25, -0.2) is 0 Å². The van der Waals surface area contributed by atoms with Gasteiger partial charge in [-0.3, -0.25) is 9.89 Å². The largest absolute Gasteiger partial charge is 0.379 e. The quantitative estimate of drug-likeness (QED) is 0.265. The van der Waals surface area contributed by atoms with E-state index in [1.165, 1.54) is 0 Å². The van der Waals surface area contributed by atoms with Crippen LogP contribution in [0.5, 0.6) is 0 Å². The molecule has 0 bridgehead atoms. The van der Waals surface area contributed by atoms with Crippen LogP contribution in [0.2, 0.25) is 0 Å². The van der Waals surface area contributed by atoms with E-state index in [4.69, 9.17) is 4.74 Å². The standard InChI is InChI=1S/C14H30N4OS.HI/c1-4-15-14(16-5-10-20-3)17-11-13(2)12-18-6-8-19-9-7-18;/h13H,4-12H2,1-3H3,(H2,15,16,17);1H. The van der Waals surface area contributed by atoms with Crippen molar-refractivity contribution in [3.05, 3.63) is 0 Å². The summed E-state index contributed by atoms with van der Waals surface area (Å²) in [5.74, 6) is 2.62. The van der Waals surface area contributed by atoms with Crippen molar-refractivity contribution in [2.45, 2.75) is 13.8 Å². The van der Waals surface area contributed by atoms with Crippen molar-refractivity contribution in [3.8, 4) is 0 Å². The minimum Gasteiger partial charge on any atom is -0.379 e. The van der Waals surface area contributed by atoms with Crippen LogP contribution in [0.1, 0.15) is 13.8 Å². The fraction of sp³-hybridized carbons (Fsp3) is 0.929. The highest BCUT2D eigenvalue weighted by atomic mass is 127. The monoisotopic (exact) mass is 430 g/mol. The molecule has 1 unspecified atom stereocenters. The molecule has 0 saturated carbocycles. The number of nitrogens with zero attached hydrogens (tertiary/aromatic N) is 2. The number of halogens is 1. The average Bonchev–Trinajstić information content (AvgIpc) is 2.46. The average molecular weight is 430 g/mol. The predicted molar refractivity (Wildman–Crippen MR) is 104 cm³/mol. The van der Waals surface area contributed by atoms with Crippen LogP contribution in [0.4, 0.5) is 0 Å². The summed E-state index contributed by atoms with van der Waals surface area (Å²) in [4.78, 5) is 7.15. The highest BCUT2D eigenvalue weighted by molar-refractivity contribution is 14.0. The molecule has 0 amide bonds. The molecule has 1 atom stereocenters. The SMILES string of the molecule is CCNC(=NCC(C)CN1CCOCC1)NCCSC.I. The normalized spacial score (nSPS) is 18.0. The first-order chi connectivity index (χ1) is 9.76. The lowest BCUT2D eigenvalue weighted by Gasteiger charge is -2.28. The van der Waals surface area contributed by atoms with E-state index in [1.54, 1.807) is 0 Å². The van der Waals surface area contributed by atoms with Crippen molar-refractivity contribution < 1.29 is 4.74 Å². The Labute approximate surface area is 151 Å². The van der Waals surface area contributed by atoms with Gasteiger partial charge in [0, 0.05) is 45.0 Å². The smallest absolute Gasteiger partial charge is 0.191 e. The van der Waals surface area contributed by atoms with Gasteiger partial charge in [-0.1, -0.05) is 6.92 Å². The van der Waals surface area contributed by atoms with E-state index < -0.39 is 0 Å².